The number of nitrogens with one attached hydrogen (secondary N) is 1. The first-order valence-corrected chi connectivity index (χ1v) is 6.89. The predicted molar refractivity (Wildman–Crippen MR) is 76.3 cm³/mol. The summed E-state index contributed by atoms with van der Waals surface area (Å²) in [6.45, 7) is 1.53. The van der Waals surface area contributed by atoms with Crippen molar-refractivity contribution in [2.45, 2.75) is 31.7 Å². The highest BCUT2D eigenvalue weighted by molar-refractivity contribution is 5.77. The molecule has 1 amide bonds. The summed E-state index contributed by atoms with van der Waals surface area (Å²) in [6, 6.07) is 11.1. The second kappa shape index (κ2) is 6.45. The van der Waals surface area contributed by atoms with Gasteiger partial charge in [-0.15, -0.1) is 0 Å². The van der Waals surface area contributed by atoms with E-state index in [-0.39, 0.29) is 12.3 Å². The molecule has 4 nitrogen and oxygen atoms in total. The number of rotatable bonds is 5. The number of amides is 1. The van der Waals surface area contributed by atoms with Gasteiger partial charge in [0.25, 0.3) is 0 Å². The van der Waals surface area contributed by atoms with Crippen LogP contribution in [0.3, 0.4) is 0 Å². The predicted octanol–water partition coefficient (Wildman–Crippen LogP) is 3.04. The minimum Gasteiger partial charge on any atom is -0.463 e. The fourth-order valence-corrected chi connectivity index (χ4v) is 2.08. The van der Waals surface area contributed by atoms with E-state index >= 15 is 0 Å². The Balaban J connectivity index is 2.11. The molecule has 0 aliphatic carbocycles. The Hall–Kier alpha value is -2.28. The molecule has 0 spiro atoms. The largest absolute Gasteiger partial charge is 0.463 e. The zero-order valence-electron chi connectivity index (χ0n) is 12.4. The van der Waals surface area contributed by atoms with Gasteiger partial charge in [-0.2, -0.15) is 13.2 Å². The molecule has 2 N–H and O–H groups in total. The zero-order valence-corrected chi connectivity index (χ0v) is 12.4. The third-order valence-electron chi connectivity index (χ3n) is 3.37. The van der Waals surface area contributed by atoms with Crippen LogP contribution in [0.4, 0.5) is 13.2 Å². The Bertz CT molecular complexity index is 667. The number of alkyl halides is 3. The Labute approximate surface area is 130 Å². The summed E-state index contributed by atoms with van der Waals surface area (Å²) < 4.78 is 44.6. The molecule has 2 aromatic rings. The summed E-state index contributed by atoms with van der Waals surface area (Å²) >= 11 is 0. The average molecular weight is 327 g/mol. The SMILES string of the molecule is Cc1ccc(C(O)(CC(=O)NCc2ccccc2)C(F)(F)F)o1. The van der Waals surface area contributed by atoms with Crippen molar-refractivity contribution in [3.63, 3.8) is 0 Å². The molecule has 7 heteroatoms. The maximum absolute atomic E-state index is 13.2. The fraction of sp³-hybridized carbons (Fsp3) is 0.312. The minimum absolute atomic E-state index is 0.0742. The molecule has 0 aliphatic rings. The van der Waals surface area contributed by atoms with Gasteiger partial charge >= 0.3 is 6.18 Å². The number of benzene rings is 1. The van der Waals surface area contributed by atoms with Crippen LogP contribution in [0.1, 0.15) is 23.5 Å². The summed E-state index contributed by atoms with van der Waals surface area (Å²) in [5, 5.41) is 12.4. The monoisotopic (exact) mass is 327 g/mol. The lowest BCUT2D eigenvalue weighted by Crippen LogP contribution is -2.45. The molecule has 23 heavy (non-hydrogen) atoms. The highest BCUT2D eigenvalue weighted by atomic mass is 19.4. The molecule has 0 bridgehead atoms. The molecule has 0 aliphatic heterocycles. The number of carbonyl (C=O) groups excluding carboxylic acids is 1. The second-order valence-electron chi connectivity index (χ2n) is 5.21. The van der Waals surface area contributed by atoms with Crippen LogP contribution in [0.15, 0.2) is 46.9 Å². The third-order valence-corrected chi connectivity index (χ3v) is 3.37. The van der Waals surface area contributed by atoms with Gasteiger partial charge in [0.05, 0.1) is 6.42 Å². The van der Waals surface area contributed by atoms with E-state index in [1.165, 1.54) is 13.0 Å². The van der Waals surface area contributed by atoms with Crippen molar-refractivity contribution < 1.29 is 27.5 Å². The molecule has 1 aromatic heterocycles. The first kappa shape index (κ1) is 17.1. The topological polar surface area (TPSA) is 62.5 Å². The van der Waals surface area contributed by atoms with E-state index in [0.717, 1.165) is 11.6 Å². The maximum Gasteiger partial charge on any atom is 0.425 e. The second-order valence-corrected chi connectivity index (χ2v) is 5.21. The van der Waals surface area contributed by atoms with E-state index in [2.05, 4.69) is 5.32 Å². The summed E-state index contributed by atoms with van der Waals surface area (Å²) in [5.41, 5.74) is -2.62. The van der Waals surface area contributed by atoms with Crippen molar-refractivity contribution in [2.75, 3.05) is 0 Å². The number of halogens is 3. The minimum atomic E-state index is -5.04. The van der Waals surface area contributed by atoms with Crippen molar-refractivity contribution in [3.05, 3.63) is 59.5 Å². The molecule has 2 rings (SSSR count). The van der Waals surface area contributed by atoms with E-state index in [1.54, 1.807) is 30.3 Å². The van der Waals surface area contributed by atoms with Gasteiger partial charge in [0.2, 0.25) is 11.5 Å². The lowest BCUT2D eigenvalue weighted by Gasteiger charge is -2.28. The lowest BCUT2D eigenvalue weighted by atomic mass is 9.95. The molecule has 0 fully saturated rings. The number of carbonyl (C=O) groups is 1. The molecule has 124 valence electrons. The van der Waals surface area contributed by atoms with Gasteiger partial charge in [-0.1, -0.05) is 30.3 Å². The van der Waals surface area contributed by atoms with E-state index in [0.29, 0.717) is 0 Å². The average Bonchev–Trinajstić information content (AvgIpc) is 2.92. The standard InChI is InChI=1S/C16H16F3NO3/c1-11-7-8-13(23-11)15(22,16(17,18)19)9-14(21)20-10-12-5-3-2-4-6-12/h2-8,22H,9-10H2,1H3,(H,20,21). The van der Waals surface area contributed by atoms with Gasteiger partial charge in [-0.3, -0.25) is 4.79 Å². The Morgan fingerprint density at radius 2 is 1.83 bits per heavy atom. The van der Waals surface area contributed by atoms with Crippen LogP contribution in [0.2, 0.25) is 0 Å². The van der Waals surface area contributed by atoms with E-state index in [1.807, 2.05) is 0 Å². The van der Waals surface area contributed by atoms with Crippen LogP contribution in [-0.4, -0.2) is 17.2 Å². The number of furan rings is 1. The van der Waals surface area contributed by atoms with Gasteiger partial charge in [-0.05, 0) is 24.6 Å². The Morgan fingerprint density at radius 1 is 1.17 bits per heavy atom. The zero-order chi connectivity index (χ0) is 17.1. The highest BCUT2D eigenvalue weighted by Crippen LogP contribution is 2.42. The van der Waals surface area contributed by atoms with Crippen molar-refractivity contribution in [1.29, 1.82) is 0 Å². The first-order chi connectivity index (χ1) is 10.7. The Kier molecular flexibility index (Phi) is 4.79. The van der Waals surface area contributed by atoms with Gasteiger partial charge in [0, 0.05) is 6.54 Å². The van der Waals surface area contributed by atoms with E-state index < -0.39 is 29.9 Å². The van der Waals surface area contributed by atoms with Gasteiger partial charge in [0.1, 0.15) is 11.5 Å². The first-order valence-electron chi connectivity index (χ1n) is 6.89. The van der Waals surface area contributed by atoms with E-state index in [4.69, 9.17) is 4.42 Å². The highest BCUT2D eigenvalue weighted by Gasteiger charge is 2.58. The Morgan fingerprint density at radius 3 is 2.35 bits per heavy atom. The lowest BCUT2D eigenvalue weighted by molar-refractivity contribution is -0.273. The van der Waals surface area contributed by atoms with Crippen LogP contribution in [-0.2, 0) is 16.9 Å². The summed E-state index contributed by atoms with van der Waals surface area (Å²) in [5.74, 6) is -1.41. The van der Waals surface area contributed by atoms with Crippen molar-refractivity contribution in [2.24, 2.45) is 0 Å². The molecular weight excluding hydrogens is 311 g/mol. The summed E-state index contributed by atoms with van der Waals surface area (Å²) in [7, 11) is 0. The van der Waals surface area contributed by atoms with Gasteiger partial charge < -0.3 is 14.8 Å². The fourth-order valence-electron chi connectivity index (χ4n) is 2.08. The summed E-state index contributed by atoms with van der Waals surface area (Å²) in [6.07, 6.45) is -6.21. The normalized spacial score (nSPS) is 14.3. The number of hydrogen-bond donors (Lipinski definition) is 2. The number of hydrogen-bond acceptors (Lipinski definition) is 3. The summed E-state index contributed by atoms with van der Waals surface area (Å²) in [4.78, 5) is 11.8. The van der Waals surface area contributed by atoms with Gasteiger partial charge in [-0.25, -0.2) is 0 Å². The van der Waals surface area contributed by atoms with E-state index in [9.17, 15) is 23.1 Å². The van der Waals surface area contributed by atoms with Crippen molar-refractivity contribution in [1.82, 2.24) is 5.32 Å². The number of aryl methyl sites for hydroxylation is 1. The molecule has 1 atom stereocenters. The molecule has 1 aromatic carbocycles. The van der Waals surface area contributed by atoms with Crippen molar-refractivity contribution >= 4 is 5.91 Å². The smallest absolute Gasteiger partial charge is 0.425 e. The van der Waals surface area contributed by atoms with Crippen LogP contribution in [0.5, 0.6) is 0 Å². The molecule has 0 radical (unpaired) electrons. The third kappa shape index (κ3) is 3.92. The van der Waals surface area contributed by atoms with Gasteiger partial charge in [0.15, 0.2) is 0 Å². The van der Waals surface area contributed by atoms with Crippen LogP contribution < -0.4 is 5.32 Å². The van der Waals surface area contributed by atoms with Crippen molar-refractivity contribution in [3.8, 4) is 0 Å². The van der Waals surface area contributed by atoms with Crippen LogP contribution >= 0.6 is 0 Å². The number of aliphatic hydroxyl groups is 1. The molecule has 0 saturated heterocycles. The quantitative estimate of drug-likeness (QED) is 0.887. The molecular formula is C16H16F3NO3. The molecule has 0 saturated carbocycles. The van der Waals surface area contributed by atoms with Crippen LogP contribution in [0.25, 0.3) is 0 Å². The molecule has 1 unspecified atom stereocenters. The molecule has 1 heterocycles. The maximum atomic E-state index is 13.2. The van der Waals surface area contributed by atoms with Crippen LogP contribution in [0, 0.1) is 6.92 Å².